The van der Waals surface area contributed by atoms with E-state index in [9.17, 15) is 5.11 Å². The molecule has 0 amide bonds. The molecule has 84 valence electrons. The molecule has 0 aliphatic rings. The standard InChI is InChI=1S/C11H13N3O2/c1-6-10(14-11(12)13-6)7-3-4-9(16-2)8(15)5-7/h3-5,15H,1-2H3,(H3,12,13,14). The Morgan fingerprint density at radius 2 is 2.19 bits per heavy atom. The minimum atomic E-state index is 0.0842. The van der Waals surface area contributed by atoms with Gasteiger partial charge in [0, 0.05) is 11.3 Å². The molecule has 0 fully saturated rings. The van der Waals surface area contributed by atoms with Crippen molar-refractivity contribution in [2.75, 3.05) is 12.8 Å². The van der Waals surface area contributed by atoms with Crippen LogP contribution in [0.3, 0.4) is 0 Å². The third-order valence-electron chi connectivity index (χ3n) is 2.36. The highest BCUT2D eigenvalue weighted by molar-refractivity contribution is 5.66. The number of phenolic OH excluding ortho intramolecular Hbond substituents is 1. The lowest BCUT2D eigenvalue weighted by Gasteiger charge is -2.04. The number of imidazole rings is 1. The smallest absolute Gasteiger partial charge is 0.198 e. The van der Waals surface area contributed by atoms with E-state index in [1.54, 1.807) is 12.1 Å². The van der Waals surface area contributed by atoms with Crippen LogP contribution in [0.25, 0.3) is 11.3 Å². The van der Waals surface area contributed by atoms with Gasteiger partial charge in [-0.1, -0.05) is 0 Å². The molecular formula is C11H13N3O2. The Hall–Kier alpha value is -2.17. The average molecular weight is 219 g/mol. The van der Waals surface area contributed by atoms with E-state index in [0.29, 0.717) is 11.7 Å². The van der Waals surface area contributed by atoms with E-state index in [2.05, 4.69) is 9.97 Å². The summed E-state index contributed by atoms with van der Waals surface area (Å²) in [6.45, 7) is 1.87. The lowest BCUT2D eigenvalue weighted by Crippen LogP contribution is -1.87. The van der Waals surface area contributed by atoms with E-state index in [-0.39, 0.29) is 5.75 Å². The molecule has 0 saturated carbocycles. The monoisotopic (exact) mass is 219 g/mol. The molecule has 2 rings (SSSR count). The summed E-state index contributed by atoms with van der Waals surface area (Å²) in [7, 11) is 1.51. The number of H-pyrrole nitrogens is 1. The minimum Gasteiger partial charge on any atom is -0.504 e. The predicted octanol–water partition coefficient (Wildman–Crippen LogP) is 1.68. The van der Waals surface area contributed by atoms with Crippen LogP contribution in [0.1, 0.15) is 5.69 Å². The van der Waals surface area contributed by atoms with Crippen LogP contribution >= 0.6 is 0 Å². The highest BCUT2D eigenvalue weighted by atomic mass is 16.5. The van der Waals surface area contributed by atoms with Gasteiger partial charge < -0.3 is 20.6 Å². The molecule has 2 aromatic rings. The number of aromatic hydroxyl groups is 1. The molecule has 0 bridgehead atoms. The number of benzene rings is 1. The molecule has 5 nitrogen and oxygen atoms in total. The summed E-state index contributed by atoms with van der Waals surface area (Å²) in [6.07, 6.45) is 0. The van der Waals surface area contributed by atoms with Crippen LogP contribution in [-0.4, -0.2) is 22.2 Å². The van der Waals surface area contributed by atoms with E-state index in [1.807, 2.05) is 13.0 Å². The van der Waals surface area contributed by atoms with Gasteiger partial charge in [-0.2, -0.15) is 0 Å². The van der Waals surface area contributed by atoms with Crippen molar-refractivity contribution in [2.45, 2.75) is 6.92 Å². The van der Waals surface area contributed by atoms with Crippen LogP contribution in [0.5, 0.6) is 11.5 Å². The van der Waals surface area contributed by atoms with Crippen molar-refractivity contribution in [2.24, 2.45) is 0 Å². The second-order valence-corrected chi connectivity index (χ2v) is 3.48. The Kier molecular flexibility index (Phi) is 2.44. The molecule has 5 heteroatoms. The maximum Gasteiger partial charge on any atom is 0.198 e. The van der Waals surface area contributed by atoms with E-state index in [1.165, 1.54) is 7.11 Å². The predicted molar refractivity (Wildman–Crippen MR) is 61.4 cm³/mol. The number of aryl methyl sites for hydroxylation is 1. The Morgan fingerprint density at radius 3 is 2.69 bits per heavy atom. The number of ether oxygens (including phenoxy) is 1. The SMILES string of the molecule is COc1ccc(-c2nc(N)[nH]c2C)cc1O. The van der Waals surface area contributed by atoms with Crippen molar-refractivity contribution in [3.8, 4) is 22.8 Å². The van der Waals surface area contributed by atoms with Gasteiger partial charge >= 0.3 is 0 Å². The minimum absolute atomic E-state index is 0.0842. The zero-order valence-corrected chi connectivity index (χ0v) is 9.11. The first-order chi connectivity index (χ1) is 7.61. The van der Waals surface area contributed by atoms with Crippen LogP contribution in [0.4, 0.5) is 5.95 Å². The van der Waals surface area contributed by atoms with E-state index in [0.717, 1.165) is 17.0 Å². The maximum absolute atomic E-state index is 9.66. The van der Waals surface area contributed by atoms with Gasteiger partial charge in [0.15, 0.2) is 17.4 Å². The summed E-state index contributed by atoms with van der Waals surface area (Å²) in [4.78, 5) is 7.06. The number of nitrogens with one attached hydrogen (secondary N) is 1. The van der Waals surface area contributed by atoms with Gasteiger partial charge in [0.1, 0.15) is 0 Å². The van der Waals surface area contributed by atoms with Gasteiger partial charge in [-0.3, -0.25) is 0 Å². The highest BCUT2D eigenvalue weighted by Gasteiger charge is 2.10. The molecule has 0 aliphatic carbocycles. The fraction of sp³-hybridized carbons (Fsp3) is 0.182. The number of nitrogens with zero attached hydrogens (tertiary/aromatic N) is 1. The fourth-order valence-electron chi connectivity index (χ4n) is 1.60. The molecular weight excluding hydrogens is 206 g/mol. The van der Waals surface area contributed by atoms with Gasteiger partial charge in [-0.05, 0) is 25.1 Å². The topological polar surface area (TPSA) is 84.2 Å². The maximum atomic E-state index is 9.66. The number of hydrogen-bond donors (Lipinski definition) is 3. The highest BCUT2D eigenvalue weighted by Crippen LogP contribution is 2.31. The molecule has 0 atom stereocenters. The van der Waals surface area contributed by atoms with E-state index in [4.69, 9.17) is 10.5 Å². The molecule has 0 saturated heterocycles. The molecule has 1 heterocycles. The number of rotatable bonds is 2. The van der Waals surface area contributed by atoms with Crippen molar-refractivity contribution >= 4 is 5.95 Å². The molecule has 0 radical (unpaired) electrons. The van der Waals surface area contributed by atoms with Gasteiger partial charge in [0.2, 0.25) is 0 Å². The normalized spacial score (nSPS) is 10.4. The lowest BCUT2D eigenvalue weighted by atomic mass is 10.1. The number of methoxy groups -OCH3 is 1. The molecule has 0 aliphatic heterocycles. The zero-order valence-electron chi connectivity index (χ0n) is 9.11. The Labute approximate surface area is 92.9 Å². The second-order valence-electron chi connectivity index (χ2n) is 3.48. The third kappa shape index (κ3) is 1.67. The van der Waals surface area contributed by atoms with Gasteiger partial charge in [-0.25, -0.2) is 4.98 Å². The summed E-state index contributed by atoms with van der Waals surface area (Å²) < 4.78 is 4.97. The van der Waals surface area contributed by atoms with Crippen LogP contribution in [0, 0.1) is 6.92 Å². The van der Waals surface area contributed by atoms with Gasteiger partial charge in [0.05, 0.1) is 12.8 Å². The first-order valence-corrected chi connectivity index (χ1v) is 4.81. The van der Waals surface area contributed by atoms with Crippen LogP contribution in [-0.2, 0) is 0 Å². The molecule has 4 N–H and O–H groups in total. The number of aromatic amines is 1. The average Bonchev–Trinajstić information content (AvgIpc) is 2.58. The Bertz CT molecular complexity index is 520. The first-order valence-electron chi connectivity index (χ1n) is 4.81. The molecule has 1 aromatic carbocycles. The molecule has 16 heavy (non-hydrogen) atoms. The first kappa shape index (κ1) is 10.4. The van der Waals surface area contributed by atoms with Gasteiger partial charge in [-0.15, -0.1) is 0 Å². The summed E-state index contributed by atoms with van der Waals surface area (Å²) in [5.74, 6) is 0.883. The number of aromatic nitrogens is 2. The molecule has 0 unspecified atom stereocenters. The van der Waals surface area contributed by atoms with Crippen LogP contribution in [0.2, 0.25) is 0 Å². The van der Waals surface area contributed by atoms with Crippen molar-refractivity contribution in [1.29, 1.82) is 0 Å². The number of phenols is 1. The second kappa shape index (κ2) is 3.77. The largest absolute Gasteiger partial charge is 0.504 e. The third-order valence-corrected chi connectivity index (χ3v) is 2.36. The fourth-order valence-corrected chi connectivity index (χ4v) is 1.60. The number of anilines is 1. The number of hydrogen-bond acceptors (Lipinski definition) is 4. The van der Waals surface area contributed by atoms with E-state index < -0.39 is 0 Å². The summed E-state index contributed by atoms with van der Waals surface area (Å²) >= 11 is 0. The quantitative estimate of drug-likeness (QED) is 0.717. The molecule has 1 aromatic heterocycles. The number of nitrogen functional groups attached to an aromatic ring is 1. The number of nitrogens with two attached hydrogens (primary N) is 1. The molecule has 0 spiro atoms. The summed E-state index contributed by atoms with van der Waals surface area (Å²) in [6, 6.07) is 5.11. The van der Waals surface area contributed by atoms with Crippen molar-refractivity contribution in [3.63, 3.8) is 0 Å². The Morgan fingerprint density at radius 1 is 1.44 bits per heavy atom. The summed E-state index contributed by atoms with van der Waals surface area (Å²) in [5.41, 5.74) is 7.95. The van der Waals surface area contributed by atoms with Crippen LogP contribution < -0.4 is 10.5 Å². The van der Waals surface area contributed by atoms with Crippen molar-refractivity contribution < 1.29 is 9.84 Å². The van der Waals surface area contributed by atoms with Crippen molar-refractivity contribution in [1.82, 2.24) is 9.97 Å². The lowest BCUT2D eigenvalue weighted by molar-refractivity contribution is 0.373. The van der Waals surface area contributed by atoms with E-state index >= 15 is 0 Å². The zero-order chi connectivity index (χ0) is 11.7. The van der Waals surface area contributed by atoms with Crippen LogP contribution in [0.15, 0.2) is 18.2 Å². The summed E-state index contributed by atoms with van der Waals surface area (Å²) in [5, 5.41) is 9.66. The van der Waals surface area contributed by atoms with Gasteiger partial charge in [0.25, 0.3) is 0 Å². The van der Waals surface area contributed by atoms with Crippen molar-refractivity contribution in [3.05, 3.63) is 23.9 Å². The Balaban J connectivity index is 2.49.